The van der Waals surface area contributed by atoms with Crippen molar-refractivity contribution in [3.8, 4) is 0 Å². The van der Waals surface area contributed by atoms with Gasteiger partial charge in [0.15, 0.2) is 5.82 Å². The van der Waals surface area contributed by atoms with Crippen LogP contribution in [0.4, 0.5) is 5.82 Å². The molecule has 0 fully saturated rings. The van der Waals surface area contributed by atoms with E-state index in [1.165, 1.54) is 12.4 Å². The molecular formula is C9H14ClN3O2S. The largest absolute Gasteiger partial charge is 0.266 e. The number of anilines is 1. The fourth-order valence-electron chi connectivity index (χ4n) is 0.966. The number of rotatable bonds is 5. The Morgan fingerprint density at radius 2 is 2.06 bits per heavy atom. The summed E-state index contributed by atoms with van der Waals surface area (Å²) in [6.45, 7) is 3.94. The van der Waals surface area contributed by atoms with Crippen LogP contribution in [0, 0.1) is 5.92 Å². The SMILES string of the molecule is CC(C)CCS(=O)(=O)Nc1cnc(Cl)cn1. The van der Waals surface area contributed by atoms with E-state index < -0.39 is 10.0 Å². The first-order chi connectivity index (χ1) is 7.39. The summed E-state index contributed by atoms with van der Waals surface area (Å²) < 4.78 is 25.5. The van der Waals surface area contributed by atoms with Crippen LogP contribution in [-0.4, -0.2) is 24.1 Å². The second kappa shape index (κ2) is 5.45. The van der Waals surface area contributed by atoms with E-state index in [-0.39, 0.29) is 16.7 Å². The summed E-state index contributed by atoms with van der Waals surface area (Å²) >= 11 is 5.53. The highest BCUT2D eigenvalue weighted by Crippen LogP contribution is 2.09. The minimum absolute atomic E-state index is 0.0783. The van der Waals surface area contributed by atoms with Gasteiger partial charge < -0.3 is 0 Å². The molecule has 0 spiro atoms. The van der Waals surface area contributed by atoms with Crippen LogP contribution in [0.2, 0.25) is 5.15 Å². The zero-order chi connectivity index (χ0) is 12.2. The lowest BCUT2D eigenvalue weighted by Gasteiger charge is -2.08. The standard InChI is InChI=1S/C9H14ClN3O2S/c1-7(2)3-4-16(14,15)13-9-6-11-8(10)5-12-9/h5-7H,3-4H2,1-2H3,(H,12,13). The van der Waals surface area contributed by atoms with Gasteiger partial charge >= 0.3 is 0 Å². The summed E-state index contributed by atoms with van der Waals surface area (Å²) in [5, 5.41) is 0.227. The van der Waals surface area contributed by atoms with Crippen LogP contribution in [0.25, 0.3) is 0 Å². The van der Waals surface area contributed by atoms with Gasteiger partial charge in [-0.15, -0.1) is 0 Å². The van der Waals surface area contributed by atoms with Crippen molar-refractivity contribution in [1.29, 1.82) is 0 Å². The van der Waals surface area contributed by atoms with Crippen molar-refractivity contribution in [1.82, 2.24) is 9.97 Å². The van der Waals surface area contributed by atoms with Crippen molar-refractivity contribution >= 4 is 27.4 Å². The molecule has 1 aromatic rings. The zero-order valence-corrected chi connectivity index (χ0v) is 10.7. The summed E-state index contributed by atoms with van der Waals surface area (Å²) in [6.07, 6.45) is 3.19. The summed E-state index contributed by atoms with van der Waals surface area (Å²) in [7, 11) is -3.34. The molecule has 0 amide bonds. The maximum Gasteiger partial charge on any atom is 0.233 e. The molecule has 0 bridgehead atoms. The molecule has 90 valence electrons. The van der Waals surface area contributed by atoms with Crippen LogP contribution in [0.1, 0.15) is 20.3 Å². The summed E-state index contributed by atoms with van der Waals surface area (Å²) in [5.74, 6) is 0.607. The fourth-order valence-corrected chi connectivity index (χ4v) is 2.37. The summed E-state index contributed by atoms with van der Waals surface area (Å²) in [4.78, 5) is 7.54. The Balaban J connectivity index is 2.62. The molecule has 0 radical (unpaired) electrons. The molecule has 0 atom stereocenters. The van der Waals surface area contributed by atoms with Crippen LogP contribution in [0.3, 0.4) is 0 Å². The third-order valence-corrected chi connectivity index (χ3v) is 3.33. The van der Waals surface area contributed by atoms with Crippen LogP contribution in [-0.2, 0) is 10.0 Å². The van der Waals surface area contributed by atoms with Gasteiger partial charge in [-0.05, 0) is 12.3 Å². The lowest BCUT2D eigenvalue weighted by molar-refractivity contribution is 0.577. The van der Waals surface area contributed by atoms with Crippen LogP contribution >= 0.6 is 11.6 Å². The normalized spacial score (nSPS) is 11.8. The van der Waals surface area contributed by atoms with Gasteiger partial charge in [-0.25, -0.2) is 18.4 Å². The second-order valence-corrected chi connectivity index (χ2v) is 6.06. The van der Waals surface area contributed by atoms with Crippen molar-refractivity contribution in [3.63, 3.8) is 0 Å². The van der Waals surface area contributed by atoms with Crippen molar-refractivity contribution in [2.75, 3.05) is 10.5 Å². The minimum Gasteiger partial charge on any atom is -0.266 e. The first-order valence-corrected chi connectivity index (χ1v) is 6.90. The van der Waals surface area contributed by atoms with Gasteiger partial charge in [0.25, 0.3) is 0 Å². The highest BCUT2D eigenvalue weighted by atomic mass is 35.5. The molecule has 0 saturated carbocycles. The Labute approximate surface area is 100 Å². The predicted octanol–water partition coefficient (Wildman–Crippen LogP) is 1.92. The molecule has 0 aliphatic rings. The summed E-state index contributed by atoms with van der Waals surface area (Å²) in [6, 6.07) is 0. The van der Waals surface area contributed by atoms with E-state index in [1.54, 1.807) is 0 Å². The van der Waals surface area contributed by atoms with E-state index >= 15 is 0 Å². The van der Waals surface area contributed by atoms with E-state index in [1.807, 2.05) is 13.8 Å². The van der Waals surface area contributed by atoms with Gasteiger partial charge in [0, 0.05) is 0 Å². The lowest BCUT2D eigenvalue weighted by Crippen LogP contribution is -2.18. The quantitative estimate of drug-likeness (QED) is 0.881. The van der Waals surface area contributed by atoms with Gasteiger partial charge in [0.1, 0.15) is 5.15 Å². The van der Waals surface area contributed by atoms with Gasteiger partial charge in [0.05, 0.1) is 18.1 Å². The number of hydrogen-bond donors (Lipinski definition) is 1. The average molecular weight is 264 g/mol. The molecule has 16 heavy (non-hydrogen) atoms. The zero-order valence-electron chi connectivity index (χ0n) is 9.14. The van der Waals surface area contributed by atoms with E-state index in [2.05, 4.69) is 14.7 Å². The molecule has 7 heteroatoms. The maximum absolute atomic E-state index is 11.6. The van der Waals surface area contributed by atoms with Crippen molar-refractivity contribution in [2.24, 2.45) is 5.92 Å². The third-order valence-electron chi connectivity index (χ3n) is 1.84. The molecule has 0 aliphatic carbocycles. The van der Waals surface area contributed by atoms with E-state index in [0.717, 1.165) is 0 Å². The first-order valence-electron chi connectivity index (χ1n) is 4.87. The highest BCUT2D eigenvalue weighted by molar-refractivity contribution is 7.92. The number of nitrogens with one attached hydrogen (secondary N) is 1. The molecular weight excluding hydrogens is 250 g/mol. The fraction of sp³-hybridized carbons (Fsp3) is 0.556. The van der Waals surface area contributed by atoms with Crippen LogP contribution < -0.4 is 4.72 Å². The molecule has 1 aromatic heterocycles. The Kier molecular flexibility index (Phi) is 4.49. The molecule has 0 aliphatic heterocycles. The second-order valence-electron chi connectivity index (χ2n) is 3.83. The van der Waals surface area contributed by atoms with Gasteiger partial charge in [-0.1, -0.05) is 25.4 Å². The predicted molar refractivity (Wildman–Crippen MR) is 63.9 cm³/mol. The number of sulfonamides is 1. The van der Waals surface area contributed by atoms with Crippen molar-refractivity contribution in [3.05, 3.63) is 17.5 Å². The molecule has 0 aromatic carbocycles. The van der Waals surface area contributed by atoms with E-state index in [0.29, 0.717) is 12.3 Å². The Bertz CT molecular complexity index is 431. The first kappa shape index (κ1) is 13.2. The number of nitrogens with zero attached hydrogens (tertiary/aromatic N) is 2. The van der Waals surface area contributed by atoms with Gasteiger partial charge in [-0.2, -0.15) is 0 Å². The van der Waals surface area contributed by atoms with Crippen molar-refractivity contribution < 1.29 is 8.42 Å². The molecule has 5 nitrogen and oxygen atoms in total. The topological polar surface area (TPSA) is 72.0 Å². The van der Waals surface area contributed by atoms with Gasteiger partial charge in [-0.3, -0.25) is 4.72 Å². The Hall–Kier alpha value is -0.880. The lowest BCUT2D eigenvalue weighted by atomic mass is 10.2. The minimum atomic E-state index is -3.34. The third kappa shape index (κ3) is 4.76. The smallest absolute Gasteiger partial charge is 0.233 e. The van der Waals surface area contributed by atoms with Crippen molar-refractivity contribution in [2.45, 2.75) is 20.3 Å². The van der Waals surface area contributed by atoms with Crippen LogP contribution in [0.5, 0.6) is 0 Å². The van der Waals surface area contributed by atoms with Gasteiger partial charge in [0.2, 0.25) is 10.0 Å². The highest BCUT2D eigenvalue weighted by Gasteiger charge is 2.12. The molecule has 1 rings (SSSR count). The molecule has 1 heterocycles. The number of halogens is 1. The average Bonchev–Trinajstić information content (AvgIpc) is 2.19. The van der Waals surface area contributed by atoms with Crippen LogP contribution in [0.15, 0.2) is 12.4 Å². The number of hydrogen-bond acceptors (Lipinski definition) is 4. The molecule has 1 N–H and O–H groups in total. The van der Waals surface area contributed by atoms with E-state index in [9.17, 15) is 8.42 Å². The molecule has 0 unspecified atom stereocenters. The van der Waals surface area contributed by atoms with E-state index in [4.69, 9.17) is 11.6 Å². The Morgan fingerprint density at radius 3 is 2.56 bits per heavy atom. The Morgan fingerprint density at radius 1 is 1.38 bits per heavy atom. The summed E-state index contributed by atoms with van der Waals surface area (Å²) in [5.41, 5.74) is 0. The number of aromatic nitrogens is 2. The maximum atomic E-state index is 11.6. The monoisotopic (exact) mass is 263 g/mol. The molecule has 0 saturated heterocycles.